The van der Waals surface area contributed by atoms with Crippen LogP contribution >= 0.6 is 11.3 Å². The van der Waals surface area contributed by atoms with Crippen LogP contribution in [0.2, 0.25) is 0 Å². The first kappa shape index (κ1) is 13.2. The Balaban J connectivity index is 1.96. The molecule has 1 heterocycles. The molecule has 0 radical (unpaired) electrons. The van der Waals surface area contributed by atoms with Gasteiger partial charge in [0, 0.05) is 24.2 Å². The lowest BCUT2D eigenvalue weighted by atomic mass is 10.0. The van der Waals surface area contributed by atoms with Gasteiger partial charge in [-0.05, 0) is 49.9 Å². The molecule has 0 saturated carbocycles. The number of hydrogen-bond acceptors (Lipinski definition) is 3. The molecular weight excluding hydrogens is 240 g/mol. The van der Waals surface area contributed by atoms with Crippen molar-refractivity contribution >= 4 is 11.3 Å². The van der Waals surface area contributed by atoms with Crippen LogP contribution in [0.5, 0.6) is 0 Å². The van der Waals surface area contributed by atoms with E-state index in [2.05, 4.69) is 50.1 Å². The van der Waals surface area contributed by atoms with Crippen molar-refractivity contribution in [2.45, 2.75) is 40.8 Å². The third-order valence-electron chi connectivity index (χ3n) is 3.21. The van der Waals surface area contributed by atoms with Crippen LogP contribution < -0.4 is 5.32 Å². The molecule has 96 valence electrons. The fourth-order valence-electron chi connectivity index (χ4n) is 2.00. The maximum atomic E-state index is 4.36. The van der Waals surface area contributed by atoms with Crippen molar-refractivity contribution in [3.8, 4) is 0 Å². The Bertz CT molecular complexity index is 543. The summed E-state index contributed by atoms with van der Waals surface area (Å²) in [6.07, 6.45) is 1.93. The minimum Gasteiger partial charge on any atom is -0.306 e. The summed E-state index contributed by atoms with van der Waals surface area (Å²) in [5.41, 5.74) is 5.47. The molecule has 0 fully saturated rings. The summed E-state index contributed by atoms with van der Waals surface area (Å²) in [7, 11) is 0. The van der Waals surface area contributed by atoms with Gasteiger partial charge in [-0.15, -0.1) is 11.3 Å². The zero-order chi connectivity index (χ0) is 13.1. The van der Waals surface area contributed by atoms with Crippen LogP contribution in [-0.2, 0) is 13.1 Å². The van der Waals surface area contributed by atoms with Gasteiger partial charge in [0.05, 0.1) is 0 Å². The van der Waals surface area contributed by atoms with Crippen molar-refractivity contribution in [2.75, 3.05) is 0 Å². The molecular formula is C15H20N2S. The van der Waals surface area contributed by atoms with Gasteiger partial charge < -0.3 is 5.32 Å². The zero-order valence-corrected chi connectivity index (χ0v) is 12.3. The lowest BCUT2D eigenvalue weighted by Gasteiger charge is -2.10. The summed E-state index contributed by atoms with van der Waals surface area (Å²) in [6, 6.07) is 4.55. The van der Waals surface area contributed by atoms with Crippen molar-refractivity contribution in [1.82, 2.24) is 10.3 Å². The molecule has 18 heavy (non-hydrogen) atoms. The van der Waals surface area contributed by atoms with E-state index >= 15 is 0 Å². The zero-order valence-electron chi connectivity index (χ0n) is 11.5. The molecule has 2 nitrogen and oxygen atoms in total. The van der Waals surface area contributed by atoms with Crippen LogP contribution in [-0.4, -0.2) is 4.98 Å². The first-order valence-corrected chi connectivity index (χ1v) is 7.06. The Labute approximate surface area is 113 Å². The van der Waals surface area contributed by atoms with Gasteiger partial charge in [-0.2, -0.15) is 0 Å². The van der Waals surface area contributed by atoms with E-state index < -0.39 is 0 Å². The van der Waals surface area contributed by atoms with Gasteiger partial charge in [0.2, 0.25) is 0 Å². The van der Waals surface area contributed by atoms with Crippen molar-refractivity contribution in [2.24, 2.45) is 0 Å². The highest BCUT2D eigenvalue weighted by Crippen LogP contribution is 2.16. The number of nitrogens with one attached hydrogen (secondary N) is 1. The molecule has 0 aliphatic carbocycles. The van der Waals surface area contributed by atoms with E-state index in [1.54, 1.807) is 11.3 Å². The van der Waals surface area contributed by atoms with E-state index in [9.17, 15) is 0 Å². The molecule has 0 spiro atoms. The van der Waals surface area contributed by atoms with Gasteiger partial charge in [-0.25, -0.2) is 4.98 Å². The number of aryl methyl sites for hydroxylation is 4. The van der Waals surface area contributed by atoms with Crippen LogP contribution in [0, 0.1) is 27.7 Å². The van der Waals surface area contributed by atoms with Crippen LogP contribution in [0.15, 0.2) is 18.3 Å². The second-order valence-corrected chi connectivity index (χ2v) is 6.15. The Hall–Kier alpha value is -1.19. The quantitative estimate of drug-likeness (QED) is 0.907. The molecule has 0 atom stereocenters. The number of rotatable bonds is 4. The summed E-state index contributed by atoms with van der Waals surface area (Å²) in [5, 5.41) is 4.63. The van der Waals surface area contributed by atoms with Gasteiger partial charge >= 0.3 is 0 Å². The molecule has 0 aliphatic rings. The van der Waals surface area contributed by atoms with Gasteiger partial charge in [0.15, 0.2) is 0 Å². The smallest absolute Gasteiger partial charge is 0.107 e. The van der Waals surface area contributed by atoms with Gasteiger partial charge in [-0.1, -0.05) is 12.1 Å². The number of nitrogens with zero attached hydrogens (tertiary/aromatic N) is 1. The Morgan fingerprint density at radius 2 is 1.72 bits per heavy atom. The predicted octanol–water partition coefficient (Wildman–Crippen LogP) is 3.67. The first-order valence-electron chi connectivity index (χ1n) is 6.25. The summed E-state index contributed by atoms with van der Waals surface area (Å²) in [6.45, 7) is 10.4. The standard InChI is InChI=1S/C15H20N2S/c1-10-5-12(3)14(6-11(10)2)8-16-9-15-17-7-13(4)18-15/h5-7,16H,8-9H2,1-4H3. The minimum atomic E-state index is 0.852. The summed E-state index contributed by atoms with van der Waals surface area (Å²) < 4.78 is 0. The molecule has 3 heteroatoms. The van der Waals surface area contributed by atoms with Crippen molar-refractivity contribution in [3.05, 3.63) is 50.5 Å². The molecule has 1 N–H and O–H groups in total. The molecule has 0 bridgehead atoms. The molecule has 0 saturated heterocycles. The molecule has 2 aromatic rings. The summed E-state index contributed by atoms with van der Waals surface area (Å²) in [5.74, 6) is 0. The maximum absolute atomic E-state index is 4.36. The highest BCUT2D eigenvalue weighted by atomic mass is 32.1. The first-order chi connectivity index (χ1) is 8.56. The van der Waals surface area contributed by atoms with Crippen molar-refractivity contribution in [1.29, 1.82) is 0 Å². The average molecular weight is 260 g/mol. The molecule has 2 rings (SSSR count). The fourth-order valence-corrected chi connectivity index (χ4v) is 2.75. The van der Waals surface area contributed by atoms with Gasteiger partial charge in [0.25, 0.3) is 0 Å². The monoisotopic (exact) mass is 260 g/mol. The average Bonchev–Trinajstić information content (AvgIpc) is 2.71. The van der Waals surface area contributed by atoms with Gasteiger partial charge in [-0.3, -0.25) is 0 Å². The van der Waals surface area contributed by atoms with Crippen LogP contribution in [0.1, 0.15) is 32.1 Å². The molecule has 1 aromatic heterocycles. The van der Waals surface area contributed by atoms with Crippen LogP contribution in [0.25, 0.3) is 0 Å². The normalized spacial score (nSPS) is 10.9. The third-order valence-corrected chi connectivity index (χ3v) is 4.13. The second-order valence-electron chi connectivity index (χ2n) is 4.83. The number of aromatic nitrogens is 1. The Kier molecular flexibility index (Phi) is 4.15. The SMILES string of the molecule is Cc1cnc(CNCc2cc(C)c(C)cc2C)s1. The molecule has 0 amide bonds. The Morgan fingerprint density at radius 3 is 2.39 bits per heavy atom. The minimum absolute atomic E-state index is 0.852. The van der Waals surface area contributed by atoms with E-state index in [1.165, 1.54) is 27.1 Å². The van der Waals surface area contributed by atoms with E-state index in [0.29, 0.717) is 0 Å². The summed E-state index contributed by atoms with van der Waals surface area (Å²) in [4.78, 5) is 5.63. The Morgan fingerprint density at radius 1 is 1.00 bits per heavy atom. The van der Waals surface area contributed by atoms with Crippen molar-refractivity contribution < 1.29 is 0 Å². The molecule has 0 unspecified atom stereocenters. The second kappa shape index (κ2) is 5.63. The predicted molar refractivity (Wildman–Crippen MR) is 78.0 cm³/mol. The highest BCUT2D eigenvalue weighted by Gasteiger charge is 2.03. The maximum Gasteiger partial charge on any atom is 0.107 e. The fraction of sp³-hybridized carbons (Fsp3) is 0.400. The topological polar surface area (TPSA) is 24.9 Å². The van der Waals surface area contributed by atoms with E-state index in [0.717, 1.165) is 18.1 Å². The number of thiazole rings is 1. The molecule has 0 aliphatic heterocycles. The lowest BCUT2D eigenvalue weighted by Crippen LogP contribution is -2.13. The molecule has 1 aromatic carbocycles. The third kappa shape index (κ3) is 3.18. The number of benzene rings is 1. The lowest BCUT2D eigenvalue weighted by molar-refractivity contribution is 0.686. The largest absolute Gasteiger partial charge is 0.306 e. The van der Waals surface area contributed by atoms with Crippen LogP contribution in [0.3, 0.4) is 0 Å². The summed E-state index contributed by atoms with van der Waals surface area (Å²) >= 11 is 1.76. The van der Waals surface area contributed by atoms with Crippen LogP contribution in [0.4, 0.5) is 0 Å². The highest BCUT2D eigenvalue weighted by molar-refractivity contribution is 7.11. The van der Waals surface area contributed by atoms with Crippen molar-refractivity contribution in [3.63, 3.8) is 0 Å². The number of hydrogen-bond donors (Lipinski definition) is 1. The van der Waals surface area contributed by atoms with E-state index in [1.807, 2.05) is 6.20 Å². The van der Waals surface area contributed by atoms with E-state index in [-0.39, 0.29) is 0 Å². The van der Waals surface area contributed by atoms with Gasteiger partial charge in [0.1, 0.15) is 5.01 Å². The van der Waals surface area contributed by atoms with E-state index in [4.69, 9.17) is 0 Å².